The van der Waals surface area contributed by atoms with Crippen molar-refractivity contribution in [1.82, 2.24) is 14.4 Å². The first-order valence-electron chi connectivity index (χ1n) is 18.0. The topological polar surface area (TPSA) is 76.5 Å². The largest absolute Gasteiger partial charge is 0.489 e. The molecule has 0 unspecified atom stereocenters. The SMILES string of the molecule is COOCc1ccc2c(C3CCCCC3)c3n(c2c1)CCOc1c-3cccc1N(CC(=O)N1CCCCC1)CC(=O)N1CCCCC1. The second-order valence-electron chi connectivity index (χ2n) is 13.8. The molecule has 0 radical (unpaired) electrons. The van der Waals surface area contributed by atoms with Crippen LogP contribution < -0.4 is 9.64 Å². The molecule has 2 saturated heterocycles. The number of hydrogen-bond acceptors (Lipinski definition) is 6. The molecule has 7 rings (SSSR count). The summed E-state index contributed by atoms with van der Waals surface area (Å²) < 4.78 is 9.12. The van der Waals surface area contributed by atoms with E-state index in [4.69, 9.17) is 14.5 Å². The van der Waals surface area contributed by atoms with E-state index in [9.17, 15) is 9.59 Å². The van der Waals surface area contributed by atoms with Crippen molar-refractivity contribution >= 4 is 28.4 Å². The Hall–Kier alpha value is -3.56. The third-order valence-corrected chi connectivity index (χ3v) is 10.7. The molecule has 47 heavy (non-hydrogen) atoms. The van der Waals surface area contributed by atoms with Crippen LogP contribution >= 0.6 is 0 Å². The fourth-order valence-corrected chi connectivity index (χ4v) is 8.36. The van der Waals surface area contributed by atoms with Crippen molar-refractivity contribution in [2.24, 2.45) is 0 Å². The summed E-state index contributed by atoms with van der Waals surface area (Å²) in [7, 11) is 1.54. The molecule has 4 aliphatic rings. The first-order valence-corrected chi connectivity index (χ1v) is 18.0. The minimum Gasteiger partial charge on any atom is -0.489 e. The molecule has 1 saturated carbocycles. The van der Waals surface area contributed by atoms with E-state index in [-0.39, 0.29) is 24.9 Å². The average molecular weight is 643 g/mol. The zero-order chi connectivity index (χ0) is 32.2. The number of rotatable bonds is 9. The minimum absolute atomic E-state index is 0.0881. The van der Waals surface area contributed by atoms with Gasteiger partial charge in [-0.1, -0.05) is 37.5 Å². The number of carbonyl (C=O) groups excluding carboxylic acids is 2. The maximum atomic E-state index is 13.8. The van der Waals surface area contributed by atoms with Gasteiger partial charge in [0, 0.05) is 42.6 Å². The number of anilines is 1. The Labute approximate surface area is 278 Å². The van der Waals surface area contributed by atoms with Crippen molar-refractivity contribution in [1.29, 1.82) is 0 Å². The number of likely N-dealkylation sites (tertiary alicyclic amines) is 2. The van der Waals surface area contributed by atoms with E-state index < -0.39 is 0 Å². The van der Waals surface area contributed by atoms with Gasteiger partial charge >= 0.3 is 0 Å². The van der Waals surface area contributed by atoms with E-state index in [2.05, 4.69) is 34.9 Å². The second-order valence-corrected chi connectivity index (χ2v) is 13.8. The molecule has 3 fully saturated rings. The predicted octanol–water partition coefficient (Wildman–Crippen LogP) is 6.66. The lowest BCUT2D eigenvalue weighted by Crippen LogP contribution is -2.47. The Morgan fingerprint density at radius 3 is 2.15 bits per heavy atom. The summed E-state index contributed by atoms with van der Waals surface area (Å²) in [6.07, 6.45) is 12.6. The molecular formula is C38H50N4O5. The Balaban J connectivity index is 1.32. The molecule has 0 atom stereocenters. The minimum atomic E-state index is 0.0881. The van der Waals surface area contributed by atoms with Crippen molar-refractivity contribution < 1.29 is 24.1 Å². The molecule has 2 amide bonds. The lowest BCUT2D eigenvalue weighted by molar-refractivity contribution is -0.282. The van der Waals surface area contributed by atoms with Crippen LogP contribution in [0.1, 0.15) is 87.7 Å². The van der Waals surface area contributed by atoms with Crippen molar-refractivity contribution in [3.05, 3.63) is 47.5 Å². The van der Waals surface area contributed by atoms with E-state index >= 15 is 0 Å². The molecule has 1 aromatic heterocycles. The van der Waals surface area contributed by atoms with Gasteiger partial charge in [0.05, 0.1) is 38.1 Å². The highest BCUT2D eigenvalue weighted by atomic mass is 17.2. The molecule has 2 aromatic carbocycles. The number of hydrogen-bond donors (Lipinski definition) is 0. The molecule has 1 aliphatic carbocycles. The number of para-hydroxylation sites is 1. The van der Waals surface area contributed by atoms with Gasteiger partial charge in [0.15, 0.2) is 5.75 Å². The molecule has 0 bridgehead atoms. The third-order valence-electron chi connectivity index (χ3n) is 10.7. The van der Waals surface area contributed by atoms with Crippen LogP contribution in [-0.2, 0) is 32.5 Å². The van der Waals surface area contributed by atoms with Crippen LogP contribution in [0.15, 0.2) is 36.4 Å². The van der Waals surface area contributed by atoms with Crippen LogP contribution in [-0.4, -0.2) is 79.2 Å². The van der Waals surface area contributed by atoms with Gasteiger partial charge in [-0.2, -0.15) is 0 Å². The highest BCUT2D eigenvalue weighted by Crippen LogP contribution is 2.49. The van der Waals surface area contributed by atoms with Gasteiger partial charge in [0.1, 0.15) is 13.2 Å². The fourth-order valence-electron chi connectivity index (χ4n) is 8.36. The Morgan fingerprint density at radius 2 is 1.49 bits per heavy atom. The van der Waals surface area contributed by atoms with E-state index in [1.165, 1.54) is 67.1 Å². The summed E-state index contributed by atoms with van der Waals surface area (Å²) in [4.78, 5) is 43.7. The lowest BCUT2D eigenvalue weighted by Gasteiger charge is -2.34. The standard InChI is InChI=1S/C38H50N4O5/c1-45-47-27-28-16-17-30-33(24-28)42-22-23-46-38-31(37(42)36(30)29-12-5-2-6-13-29)14-11-15-32(38)41(25-34(43)39-18-7-3-8-19-39)26-35(44)40-20-9-4-10-21-40/h11,14-17,24,29H,2-10,12-13,18-23,25-27H2,1H3. The summed E-state index contributed by atoms with van der Waals surface area (Å²) in [6, 6.07) is 13.0. The van der Waals surface area contributed by atoms with E-state index in [0.717, 1.165) is 74.4 Å². The van der Waals surface area contributed by atoms with Crippen LogP contribution in [0.3, 0.4) is 0 Å². The van der Waals surface area contributed by atoms with Gasteiger partial charge in [-0.25, -0.2) is 9.78 Å². The molecule has 0 N–H and O–H groups in total. The lowest BCUT2D eigenvalue weighted by atomic mass is 9.81. The molecule has 9 heteroatoms. The summed E-state index contributed by atoms with van der Waals surface area (Å²) in [5.74, 6) is 1.43. The maximum absolute atomic E-state index is 13.8. The number of aromatic nitrogens is 1. The number of carbonyl (C=O) groups is 2. The van der Waals surface area contributed by atoms with E-state index in [0.29, 0.717) is 25.7 Å². The van der Waals surface area contributed by atoms with Crippen molar-refractivity contribution in [2.75, 3.05) is 57.9 Å². The number of fused-ring (bicyclic) bond motifs is 5. The van der Waals surface area contributed by atoms with Crippen LogP contribution in [0, 0.1) is 0 Å². The van der Waals surface area contributed by atoms with Gasteiger partial charge in [0.25, 0.3) is 0 Å². The first-order chi connectivity index (χ1) is 23.1. The van der Waals surface area contributed by atoms with Gasteiger partial charge in [0.2, 0.25) is 11.8 Å². The van der Waals surface area contributed by atoms with Gasteiger partial charge in [-0.05, 0) is 86.6 Å². The van der Waals surface area contributed by atoms with E-state index in [1.807, 2.05) is 20.8 Å². The van der Waals surface area contributed by atoms with E-state index in [1.54, 1.807) is 7.11 Å². The number of ether oxygens (including phenoxy) is 1. The number of nitrogens with zero attached hydrogens (tertiary/aromatic N) is 4. The Bertz CT molecular complexity index is 1530. The van der Waals surface area contributed by atoms with Gasteiger partial charge in [-0.15, -0.1) is 0 Å². The molecule has 3 aliphatic heterocycles. The summed E-state index contributed by atoms with van der Waals surface area (Å²) >= 11 is 0. The molecule has 3 aromatic rings. The fraction of sp³-hybridized carbons (Fsp3) is 0.579. The zero-order valence-corrected chi connectivity index (χ0v) is 28.0. The quantitative estimate of drug-likeness (QED) is 0.192. The first kappa shape index (κ1) is 32.0. The van der Waals surface area contributed by atoms with Crippen molar-refractivity contribution in [3.63, 3.8) is 0 Å². The van der Waals surface area contributed by atoms with Crippen molar-refractivity contribution in [3.8, 4) is 17.0 Å². The molecule has 0 spiro atoms. The monoisotopic (exact) mass is 642 g/mol. The van der Waals surface area contributed by atoms with Crippen LogP contribution in [0.5, 0.6) is 5.75 Å². The predicted molar refractivity (Wildman–Crippen MR) is 184 cm³/mol. The summed E-state index contributed by atoms with van der Waals surface area (Å²) in [5.41, 5.74) is 6.76. The van der Waals surface area contributed by atoms with Gasteiger partial charge in [-0.3, -0.25) is 9.59 Å². The average Bonchev–Trinajstić information content (AvgIpc) is 3.31. The molecule has 252 valence electrons. The highest BCUT2D eigenvalue weighted by molar-refractivity contribution is 5.96. The molecule has 9 nitrogen and oxygen atoms in total. The maximum Gasteiger partial charge on any atom is 0.242 e. The number of benzene rings is 2. The Morgan fingerprint density at radius 1 is 0.830 bits per heavy atom. The Kier molecular flexibility index (Phi) is 10.0. The summed E-state index contributed by atoms with van der Waals surface area (Å²) in [6.45, 7) is 5.08. The molecular weight excluding hydrogens is 592 g/mol. The number of amides is 2. The van der Waals surface area contributed by atoms with Crippen molar-refractivity contribution in [2.45, 2.75) is 89.7 Å². The van der Waals surface area contributed by atoms with Crippen LogP contribution in [0.4, 0.5) is 5.69 Å². The third kappa shape index (κ3) is 6.74. The second kappa shape index (κ2) is 14.7. The number of piperidine rings is 2. The smallest absolute Gasteiger partial charge is 0.242 e. The zero-order valence-electron chi connectivity index (χ0n) is 28.0. The molecule has 4 heterocycles. The van der Waals surface area contributed by atoms with Crippen LogP contribution in [0.25, 0.3) is 22.2 Å². The van der Waals surface area contributed by atoms with Crippen LogP contribution in [0.2, 0.25) is 0 Å². The normalized spacial score (nSPS) is 18.7. The van der Waals surface area contributed by atoms with Gasteiger partial charge < -0.3 is 24.0 Å². The summed E-state index contributed by atoms with van der Waals surface area (Å²) in [5, 5.41) is 1.30. The highest BCUT2D eigenvalue weighted by Gasteiger charge is 2.32.